The minimum absolute atomic E-state index is 0.0154. The van der Waals surface area contributed by atoms with E-state index in [0.29, 0.717) is 23.7 Å². The molecule has 5 heteroatoms. The van der Waals surface area contributed by atoms with Crippen molar-refractivity contribution in [1.29, 1.82) is 0 Å². The highest BCUT2D eigenvalue weighted by Gasteiger charge is 2.21. The van der Waals surface area contributed by atoms with E-state index in [2.05, 4.69) is 9.97 Å². The van der Waals surface area contributed by atoms with E-state index in [1.165, 1.54) is 0 Å². The maximum Gasteiger partial charge on any atom is 0.179 e. The van der Waals surface area contributed by atoms with Gasteiger partial charge in [-0.3, -0.25) is 4.79 Å². The summed E-state index contributed by atoms with van der Waals surface area (Å²) in [4.78, 5) is 19.0. The number of ketones is 1. The van der Waals surface area contributed by atoms with Gasteiger partial charge in [-0.25, -0.2) is 9.97 Å². The van der Waals surface area contributed by atoms with Crippen LogP contribution in [0.25, 0.3) is 0 Å². The van der Waals surface area contributed by atoms with E-state index in [1.54, 1.807) is 6.92 Å². The van der Waals surface area contributed by atoms with Crippen LogP contribution in [0.5, 0.6) is 5.75 Å². The minimum atomic E-state index is 0.0154. The van der Waals surface area contributed by atoms with Gasteiger partial charge < -0.3 is 4.74 Å². The summed E-state index contributed by atoms with van der Waals surface area (Å²) in [7, 11) is 0. The molecule has 0 amide bonds. The standard InChI is InChI=1S/C8H7ClN2O2/c1-4-10-6-2-5(12)3-13-7(6)8(9)11-4/h2-3H2,1H3. The van der Waals surface area contributed by atoms with Crippen molar-refractivity contribution in [2.75, 3.05) is 6.61 Å². The molecular formula is C8H7ClN2O2. The lowest BCUT2D eigenvalue weighted by atomic mass is 10.2. The van der Waals surface area contributed by atoms with Crippen molar-refractivity contribution in [2.45, 2.75) is 13.3 Å². The molecule has 1 aromatic rings. The summed E-state index contributed by atoms with van der Waals surface area (Å²) in [5.41, 5.74) is 0.591. The monoisotopic (exact) mass is 198 g/mol. The lowest BCUT2D eigenvalue weighted by Gasteiger charge is -2.15. The first kappa shape index (κ1) is 8.44. The molecule has 13 heavy (non-hydrogen) atoms. The summed E-state index contributed by atoms with van der Waals surface area (Å²) in [5, 5.41) is 0.287. The number of Topliss-reactive ketones (excluding diaryl/α,β-unsaturated/α-hetero) is 1. The predicted octanol–water partition coefficient (Wildman–Crippen LogP) is 0.942. The number of rotatable bonds is 0. The summed E-state index contributed by atoms with van der Waals surface area (Å²) in [6.45, 7) is 1.80. The van der Waals surface area contributed by atoms with Crippen molar-refractivity contribution in [3.63, 3.8) is 0 Å². The zero-order valence-electron chi connectivity index (χ0n) is 7.00. The lowest BCUT2D eigenvalue weighted by Crippen LogP contribution is -2.22. The van der Waals surface area contributed by atoms with Crippen LogP contribution in [-0.4, -0.2) is 22.4 Å². The van der Waals surface area contributed by atoms with Gasteiger partial charge in [0.1, 0.15) is 12.4 Å². The molecule has 1 aliphatic heterocycles. The summed E-state index contributed by atoms with van der Waals surface area (Å²) in [6, 6.07) is 0. The van der Waals surface area contributed by atoms with E-state index in [-0.39, 0.29) is 17.5 Å². The molecule has 0 N–H and O–H groups in total. The van der Waals surface area contributed by atoms with Crippen molar-refractivity contribution in [3.8, 4) is 5.75 Å². The quantitative estimate of drug-likeness (QED) is 0.583. The first-order valence-electron chi connectivity index (χ1n) is 3.84. The van der Waals surface area contributed by atoms with Gasteiger partial charge in [0, 0.05) is 0 Å². The Morgan fingerprint density at radius 3 is 3.00 bits per heavy atom. The van der Waals surface area contributed by atoms with Crippen LogP contribution < -0.4 is 4.74 Å². The second-order valence-corrected chi connectivity index (χ2v) is 3.20. The maximum absolute atomic E-state index is 11.0. The fraction of sp³-hybridized carbons (Fsp3) is 0.375. The second-order valence-electron chi connectivity index (χ2n) is 2.84. The van der Waals surface area contributed by atoms with Crippen LogP contribution >= 0.6 is 11.6 Å². The number of ether oxygens (including phenoxy) is 1. The van der Waals surface area contributed by atoms with E-state index in [9.17, 15) is 4.79 Å². The van der Waals surface area contributed by atoms with E-state index in [0.717, 1.165) is 0 Å². The fourth-order valence-corrected chi connectivity index (χ4v) is 1.52. The third-order valence-electron chi connectivity index (χ3n) is 1.75. The number of aromatic nitrogens is 2. The molecule has 0 saturated heterocycles. The van der Waals surface area contributed by atoms with Crippen LogP contribution in [0.4, 0.5) is 0 Å². The third-order valence-corrected chi connectivity index (χ3v) is 2.00. The summed E-state index contributed by atoms with van der Waals surface area (Å²) < 4.78 is 5.12. The number of aryl methyl sites for hydroxylation is 1. The molecule has 1 aliphatic rings. The lowest BCUT2D eigenvalue weighted by molar-refractivity contribution is -0.121. The van der Waals surface area contributed by atoms with Gasteiger partial charge >= 0.3 is 0 Å². The number of hydrogen-bond acceptors (Lipinski definition) is 4. The Balaban J connectivity index is 2.53. The molecule has 0 saturated carbocycles. The Morgan fingerprint density at radius 1 is 1.46 bits per heavy atom. The Hall–Kier alpha value is -1.16. The van der Waals surface area contributed by atoms with Crippen molar-refractivity contribution in [3.05, 3.63) is 16.7 Å². The number of carbonyl (C=O) groups excluding carboxylic acids is 1. The third kappa shape index (κ3) is 1.49. The number of carbonyl (C=O) groups is 1. The van der Waals surface area contributed by atoms with Gasteiger partial charge in [0.2, 0.25) is 0 Å². The molecule has 68 valence electrons. The van der Waals surface area contributed by atoms with Gasteiger partial charge in [-0.2, -0.15) is 0 Å². The highest BCUT2D eigenvalue weighted by atomic mass is 35.5. The smallest absolute Gasteiger partial charge is 0.179 e. The minimum Gasteiger partial charge on any atom is -0.481 e. The molecule has 4 nitrogen and oxygen atoms in total. The topological polar surface area (TPSA) is 52.1 Å². The molecule has 1 aromatic heterocycles. The molecule has 0 atom stereocenters. The summed E-state index contributed by atoms with van der Waals surface area (Å²) >= 11 is 5.81. The van der Waals surface area contributed by atoms with Gasteiger partial charge in [0.25, 0.3) is 0 Å². The molecule has 0 aliphatic carbocycles. The van der Waals surface area contributed by atoms with Crippen LogP contribution in [0, 0.1) is 6.92 Å². The van der Waals surface area contributed by atoms with Crippen LogP contribution in [0.1, 0.15) is 11.5 Å². The predicted molar refractivity (Wildman–Crippen MR) is 46.0 cm³/mol. The Kier molecular flexibility index (Phi) is 1.92. The number of hydrogen-bond donors (Lipinski definition) is 0. The number of fused-ring (bicyclic) bond motifs is 1. The van der Waals surface area contributed by atoms with Crippen molar-refractivity contribution >= 4 is 17.4 Å². The van der Waals surface area contributed by atoms with Gasteiger partial charge in [0.15, 0.2) is 16.7 Å². The Morgan fingerprint density at radius 2 is 2.23 bits per heavy atom. The molecule has 2 heterocycles. The normalized spacial score (nSPS) is 15.1. The second kappa shape index (κ2) is 2.96. The van der Waals surface area contributed by atoms with Gasteiger partial charge in [-0.1, -0.05) is 11.6 Å². The number of halogens is 1. The molecule has 0 bridgehead atoms. The first-order chi connectivity index (χ1) is 6.16. The van der Waals surface area contributed by atoms with E-state index < -0.39 is 0 Å². The maximum atomic E-state index is 11.0. The van der Waals surface area contributed by atoms with E-state index in [1.807, 2.05) is 0 Å². The zero-order chi connectivity index (χ0) is 9.42. The first-order valence-corrected chi connectivity index (χ1v) is 4.22. The molecule has 2 rings (SSSR count). The Bertz CT molecular complexity index is 379. The van der Waals surface area contributed by atoms with E-state index >= 15 is 0 Å². The average molecular weight is 199 g/mol. The van der Waals surface area contributed by atoms with Gasteiger partial charge in [0.05, 0.1) is 12.1 Å². The summed E-state index contributed by atoms with van der Waals surface area (Å²) in [6.07, 6.45) is 0.290. The number of nitrogens with zero attached hydrogens (tertiary/aromatic N) is 2. The fourth-order valence-electron chi connectivity index (χ4n) is 1.24. The molecule has 0 unspecified atom stereocenters. The van der Waals surface area contributed by atoms with Gasteiger partial charge in [-0.15, -0.1) is 0 Å². The molecule has 0 aromatic carbocycles. The van der Waals surface area contributed by atoms with Crippen LogP contribution in [0.3, 0.4) is 0 Å². The summed E-state index contributed by atoms with van der Waals surface area (Å²) in [5.74, 6) is 1.02. The van der Waals surface area contributed by atoms with Crippen LogP contribution in [0.2, 0.25) is 5.15 Å². The van der Waals surface area contributed by atoms with E-state index in [4.69, 9.17) is 16.3 Å². The zero-order valence-corrected chi connectivity index (χ0v) is 7.76. The Labute approximate surface area is 79.9 Å². The molecular weight excluding hydrogens is 192 g/mol. The highest BCUT2D eigenvalue weighted by Crippen LogP contribution is 2.28. The largest absolute Gasteiger partial charge is 0.481 e. The van der Waals surface area contributed by atoms with Gasteiger partial charge in [-0.05, 0) is 6.92 Å². The molecule has 0 fully saturated rings. The SMILES string of the molecule is Cc1nc(Cl)c2c(n1)CC(=O)CO2. The molecule has 0 radical (unpaired) electrons. The van der Waals surface area contributed by atoms with Crippen molar-refractivity contribution < 1.29 is 9.53 Å². The molecule has 0 spiro atoms. The average Bonchev–Trinajstić information content (AvgIpc) is 2.02. The van der Waals surface area contributed by atoms with Crippen LogP contribution in [-0.2, 0) is 11.2 Å². The van der Waals surface area contributed by atoms with Crippen molar-refractivity contribution in [1.82, 2.24) is 9.97 Å². The van der Waals surface area contributed by atoms with Crippen LogP contribution in [0.15, 0.2) is 0 Å². The van der Waals surface area contributed by atoms with Crippen molar-refractivity contribution in [2.24, 2.45) is 0 Å². The highest BCUT2D eigenvalue weighted by molar-refractivity contribution is 6.31.